The van der Waals surface area contributed by atoms with Crippen LogP contribution in [0.5, 0.6) is 0 Å². The Kier molecular flexibility index (Phi) is 2.43. The zero-order chi connectivity index (χ0) is 9.14. The van der Waals surface area contributed by atoms with Crippen LogP contribution in [0.3, 0.4) is 0 Å². The molecule has 0 amide bonds. The van der Waals surface area contributed by atoms with Gasteiger partial charge in [0.05, 0.1) is 5.56 Å². The first kappa shape index (κ1) is 8.71. The average Bonchev–Trinajstić information content (AvgIpc) is 2.03. The summed E-state index contributed by atoms with van der Waals surface area (Å²) in [6, 6.07) is 5.28. The van der Waals surface area contributed by atoms with E-state index in [0.29, 0.717) is 5.56 Å². The minimum atomic E-state index is -0.925. The van der Waals surface area contributed by atoms with E-state index in [2.05, 4.69) is 4.94 Å². The van der Waals surface area contributed by atoms with Gasteiger partial charge in [-0.2, -0.15) is 0 Å². The fourth-order valence-corrected chi connectivity index (χ4v) is 1.18. The van der Waals surface area contributed by atoms with Crippen LogP contribution >= 0.6 is 0 Å². The zero-order valence-corrected chi connectivity index (χ0v) is 6.93. The van der Waals surface area contributed by atoms with E-state index in [1.165, 1.54) is 0 Å². The second kappa shape index (κ2) is 3.34. The lowest BCUT2D eigenvalue weighted by atomic mass is 10.0. The monoisotopic (exact) mass is 168 g/mol. The van der Waals surface area contributed by atoms with Gasteiger partial charge in [0.1, 0.15) is 0 Å². The van der Waals surface area contributed by atoms with Gasteiger partial charge in [0.2, 0.25) is 0 Å². The van der Waals surface area contributed by atoms with E-state index in [4.69, 9.17) is 0 Å². The molecule has 0 aromatic heterocycles. The van der Waals surface area contributed by atoms with Gasteiger partial charge in [0.15, 0.2) is 0 Å². The molecular weight excluding hydrogens is 159 g/mol. The van der Waals surface area contributed by atoms with Crippen molar-refractivity contribution < 1.29 is 14.3 Å². The normalized spacial score (nSPS) is 9.58. The lowest BCUT2D eigenvalue weighted by Gasteiger charge is -2.03. The Hall–Kier alpha value is -1.38. The largest absolute Gasteiger partial charge is 0.380 e. The van der Waals surface area contributed by atoms with Crippen molar-refractivity contribution in [2.75, 3.05) is 0 Å². The SMILES string of the molecule is Cc1cccc(C)c1C(=O)OF. The van der Waals surface area contributed by atoms with Crippen LogP contribution in [0.1, 0.15) is 21.5 Å². The van der Waals surface area contributed by atoms with E-state index in [-0.39, 0.29) is 0 Å². The number of hydrogen-bond acceptors (Lipinski definition) is 2. The average molecular weight is 168 g/mol. The summed E-state index contributed by atoms with van der Waals surface area (Å²) in [7, 11) is 0. The first-order chi connectivity index (χ1) is 5.66. The highest BCUT2D eigenvalue weighted by atomic mass is 19.3. The van der Waals surface area contributed by atoms with E-state index in [1.54, 1.807) is 32.0 Å². The highest BCUT2D eigenvalue weighted by molar-refractivity contribution is 5.92. The van der Waals surface area contributed by atoms with Crippen LogP contribution < -0.4 is 0 Å². The standard InChI is InChI=1S/C9H9FO2/c1-6-4-3-5-7(2)8(6)9(11)12-10/h3-5H,1-2H3. The quantitative estimate of drug-likeness (QED) is 0.643. The van der Waals surface area contributed by atoms with Gasteiger partial charge in [-0.05, 0) is 25.0 Å². The minimum absolute atomic E-state index is 0.306. The van der Waals surface area contributed by atoms with E-state index < -0.39 is 5.97 Å². The minimum Gasteiger partial charge on any atom is -0.249 e. The van der Waals surface area contributed by atoms with Crippen molar-refractivity contribution in [3.8, 4) is 0 Å². The molecule has 2 nitrogen and oxygen atoms in total. The second-order valence-electron chi connectivity index (χ2n) is 2.63. The maximum absolute atomic E-state index is 11.6. The van der Waals surface area contributed by atoms with Crippen LogP contribution in [0, 0.1) is 13.8 Å². The van der Waals surface area contributed by atoms with E-state index in [0.717, 1.165) is 11.1 Å². The third kappa shape index (κ3) is 1.44. The number of benzene rings is 1. The molecule has 1 aromatic carbocycles. The molecule has 1 rings (SSSR count). The third-order valence-corrected chi connectivity index (χ3v) is 1.76. The Morgan fingerprint density at radius 2 is 1.83 bits per heavy atom. The molecule has 0 aliphatic heterocycles. The van der Waals surface area contributed by atoms with Crippen molar-refractivity contribution in [1.29, 1.82) is 0 Å². The molecule has 0 spiro atoms. The molecule has 0 radical (unpaired) electrons. The molecule has 12 heavy (non-hydrogen) atoms. The summed E-state index contributed by atoms with van der Waals surface area (Å²) in [4.78, 5) is 14.0. The van der Waals surface area contributed by atoms with Crippen LogP contribution in [0.25, 0.3) is 0 Å². The summed E-state index contributed by atoms with van der Waals surface area (Å²) < 4.78 is 11.6. The fourth-order valence-electron chi connectivity index (χ4n) is 1.18. The highest BCUT2D eigenvalue weighted by Crippen LogP contribution is 2.14. The Morgan fingerprint density at radius 1 is 1.33 bits per heavy atom. The zero-order valence-electron chi connectivity index (χ0n) is 6.93. The molecule has 3 heteroatoms. The Bertz CT molecular complexity index is 287. The fraction of sp³-hybridized carbons (Fsp3) is 0.222. The first-order valence-corrected chi connectivity index (χ1v) is 3.56. The number of aryl methyl sites for hydroxylation is 2. The van der Waals surface area contributed by atoms with Crippen molar-refractivity contribution in [2.24, 2.45) is 0 Å². The number of hydrogen-bond donors (Lipinski definition) is 0. The summed E-state index contributed by atoms with van der Waals surface area (Å²) in [6.07, 6.45) is 0. The Balaban J connectivity index is 3.21. The second-order valence-corrected chi connectivity index (χ2v) is 2.63. The van der Waals surface area contributed by atoms with Crippen molar-refractivity contribution in [1.82, 2.24) is 0 Å². The predicted octanol–water partition coefficient (Wildman–Crippen LogP) is 2.34. The van der Waals surface area contributed by atoms with Crippen molar-refractivity contribution in [3.63, 3.8) is 0 Å². The van der Waals surface area contributed by atoms with Crippen LogP contribution in [0.15, 0.2) is 18.2 Å². The lowest BCUT2D eigenvalue weighted by Crippen LogP contribution is -2.03. The highest BCUT2D eigenvalue weighted by Gasteiger charge is 2.13. The van der Waals surface area contributed by atoms with Gasteiger partial charge in [-0.15, -0.1) is 0 Å². The summed E-state index contributed by atoms with van der Waals surface area (Å²) in [5.74, 6) is -0.925. The maximum Gasteiger partial charge on any atom is 0.380 e. The topological polar surface area (TPSA) is 26.3 Å². The molecule has 0 aliphatic rings. The molecule has 0 N–H and O–H groups in total. The van der Waals surface area contributed by atoms with Crippen molar-refractivity contribution in [3.05, 3.63) is 34.9 Å². The molecule has 0 bridgehead atoms. The first-order valence-electron chi connectivity index (χ1n) is 3.56. The summed E-state index contributed by atoms with van der Waals surface area (Å²) >= 11 is 0. The van der Waals surface area contributed by atoms with Gasteiger partial charge in [0.25, 0.3) is 0 Å². The number of rotatable bonds is 1. The van der Waals surface area contributed by atoms with Gasteiger partial charge < -0.3 is 0 Å². The van der Waals surface area contributed by atoms with Crippen LogP contribution in [0.2, 0.25) is 0 Å². The third-order valence-electron chi connectivity index (χ3n) is 1.76. The molecule has 64 valence electrons. The van der Waals surface area contributed by atoms with Gasteiger partial charge in [0, 0.05) is 4.53 Å². The van der Waals surface area contributed by atoms with Crippen molar-refractivity contribution in [2.45, 2.75) is 13.8 Å². The van der Waals surface area contributed by atoms with E-state index >= 15 is 0 Å². The number of halogens is 1. The van der Waals surface area contributed by atoms with E-state index in [9.17, 15) is 9.32 Å². The smallest absolute Gasteiger partial charge is 0.249 e. The number of carbonyl (C=O) groups excluding carboxylic acids is 1. The molecule has 0 saturated heterocycles. The van der Waals surface area contributed by atoms with E-state index in [1.807, 2.05) is 0 Å². The van der Waals surface area contributed by atoms with Gasteiger partial charge in [-0.1, -0.05) is 18.2 Å². The molecule has 0 atom stereocenters. The lowest BCUT2D eigenvalue weighted by molar-refractivity contribution is -0.0789. The maximum atomic E-state index is 11.6. The molecule has 0 aliphatic carbocycles. The van der Waals surface area contributed by atoms with Gasteiger partial charge in [-0.25, -0.2) is 9.74 Å². The summed E-state index contributed by atoms with van der Waals surface area (Å²) in [5, 5.41) is 0. The molecule has 0 unspecified atom stereocenters. The molecule has 0 fully saturated rings. The Morgan fingerprint density at radius 3 is 2.25 bits per heavy atom. The Labute approximate surface area is 69.9 Å². The van der Waals surface area contributed by atoms with Gasteiger partial charge in [-0.3, -0.25) is 0 Å². The molecular formula is C9H9FO2. The van der Waals surface area contributed by atoms with Crippen molar-refractivity contribution >= 4 is 5.97 Å². The van der Waals surface area contributed by atoms with Crippen LogP contribution in [-0.2, 0) is 4.94 Å². The number of carbonyl (C=O) groups is 1. The van der Waals surface area contributed by atoms with Crippen LogP contribution in [0.4, 0.5) is 4.53 Å². The van der Waals surface area contributed by atoms with Gasteiger partial charge >= 0.3 is 5.97 Å². The molecule has 0 saturated carbocycles. The summed E-state index contributed by atoms with van der Waals surface area (Å²) in [5.41, 5.74) is 1.75. The molecule has 1 aromatic rings. The molecule has 0 heterocycles. The summed E-state index contributed by atoms with van der Waals surface area (Å²) in [6.45, 7) is 3.47. The van der Waals surface area contributed by atoms with Crippen LogP contribution in [-0.4, -0.2) is 5.97 Å². The predicted molar refractivity (Wildman–Crippen MR) is 42.4 cm³/mol.